The quantitative estimate of drug-likeness (QED) is 0.374. The predicted molar refractivity (Wildman–Crippen MR) is 111 cm³/mol. The molecule has 1 atom stereocenters. The molecule has 2 fully saturated rings. The standard InChI is InChI=1S/C20H19FN4O6S/c21-14-5-7-15(8-6-14)24-19(26)13-17(20(24)27)22-9-11-23(12-10-22)32(30,31)18-4-2-1-3-16(18)25(28)29/h1-8,17H,9-13H2/t17-/m1/s1. The number of rotatable bonds is 5. The van der Waals surface area contributed by atoms with Crippen LogP contribution in [0.4, 0.5) is 15.8 Å². The van der Waals surface area contributed by atoms with E-state index in [1.807, 2.05) is 0 Å². The number of piperazine rings is 1. The number of nitrogens with zero attached hydrogens (tertiary/aromatic N) is 4. The fourth-order valence-electron chi connectivity index (χ4n) is 3.98. The van der Waals surface area contributed by atoms with Gasteiger partial charge in [-0.3, -0.25) is 24.6 Å². The van der Waals surface area contributed by atoms with Crippen LogP contribution in [0.15, 0.2) is 53.4 Å². The van der Waals surface area contributed by atoms with Crippen molar-refractivity contribution in [1.82, 2.24) is 9.21 Å². The number of anilines is 1. The molecule has 4 rings (SSSR count). The van der Waals surface area contributed by atoms with Crippen molar-refractivity contribution in [3.63, 3.8) is 0 Å². The van der Waals surface area contributed by atoms with E-state index >= 15 is 0 Å². The third kappa shape index (κ3) is 3.87. The number of hydrogen-bond donors (Lipinski definition) is 0. The molecule has 2 aromatic rings. The van der Waals surface area contributed by atoms with Gasteiger partial charge in [0.2, 0.25) is 15.9 Å². The first-order chi connectivity index (χ1) is 15.2. The Hall–Kier alpha value is -3.22. The van der Waals surface area contributed by atoms with E-state index in [0.29, 0.717) is 0 Å². The molecule has 32 heavy (non-hydrogen) atoms. The van der Waals surface area contributed by atoms with Crippen LogP contribution in [-0.2, 0) is 19.6 Å². The number of sulfonamides is 1. The normalized spacial score (nSPS) is 20.7. The van der Waals surface area contributed by atoms with Crippen molar-refractivity contribution in [2.24, 2.45) is 0 Å². The highest BCUT2D eigenvalue weighted by Crippen LogP contribution is 2.29. The Morgan fingerprint density at radius 1 is 0.969 bits per heavy atom. The van der Waals surface area contributed by atoms with Gasteiger partial charge in [-0.25, -0.2) is 17.7 Å². The lowest BCUT2D eigenvalue weighted by molar-refractivity contribution is -0.387. The maximum absolute atomic E-state index is 13.2. The average Bonchev–Trinajstić information content (AvgIpc) is 3.08. The van der Waals surface area contributed by atoms with E-state index in [0.717, 1.165) is 27.4 Å². The average molecular weight is 462 g/mol. The molecule has 168 valence electrons. The van der Waals surface area contributed by atoms with Crippen molar-refractivity contribution in [2.45, 2.75) is 17.4 Å². The summed E-state index contributed by atoms with van der Waals surface area (Å²) in [5, 5.41) is 11.2. The number of carbonyl (C=O) groups is 2. The van der Waals surface area contributed by atoms with E-state index in [2.05, 4.69) is 0 Å². The molecule has 2 saturated heterocycles. The topological polar surface area (TPSA) is 121 Å². The molecule has 2 aromatic carbocycles. The van der Waals surface area contributed by atoms with E-state index in [-0.39, 0.29) is 43.2 Å². The smallest absolute Gasteiger partial charge is 0.289 e. The number of para-hydroxylation sites is 1. The van der Waals surface area contributed by atoms with E-state index in [1.54, 1.807) is 4.90 Å². The number of nitro groups is 1. The molecule has 2 heterocycles. The minimum atomic E-state index is -4.10. The van der Waals surface area contributed by atoms with Crippen molar-refractivity contribution in [3.05, 3.63) is 64.5 Å². The molecule has 10 nitrogen and oxygen atoms in total. The van der Waals surface area contributed by atoms with Gasteiger partial charge in [-0.1, -0.05) is 12.1 Å². The highest BCUT2D eigenvalue weighted by Gasteiger charge is 2.44. The zero-order chi connectivity index (χ0) is 23.0. The lowest BCUT2D eigenvalue weighted by atomic mass is 10.2. The predicted octanol–water partition coefficient (Wildman–Crippen LogP) is 1.37. The molecule has 0 aromatic heterocycles. The number of benzene rings is 2. The SMILES string of the molecule is O=C1C[C@@H](N2CCN(S(=O)(=O)c3ccccc3[N+](=O)[O-])CC2)C(=O)N1c1ccc(F)cc1. The van der Waals surface area contributed by atoms with Crippen LogP contribution in [0.3, 0.4) is 0 Å². The van der Waals surface area contributed by atoms with Gasteiger partial charge in [0, 0.05) is 32.2 Å². The number of amides is 2. The van der Waals surface area contributed by atoms with Crippen LogP contribution in [-0.4, -0.2) is 66.6 Å². The van der Waals surface area contributed by atoms with Crippen molar-refractivity contribution in [3.8, 4) is 0 Å². The number of halogens is 1. The summed E-state index contributed by atoms with van der Waals surface area (Å²) in [6.45, 7) is 0.396. The van der Waals surface area contributed by atoms with Crippen LogP contribution in [0.5, 0.6) is 0 Å². The Labute approximate surface area is 183 Å². The number of hydrogen-bond acceptors (Lipinski definition) is 7. The van der Waals surface area contributed by atoms with Crippen LogP contribution in [0.2, 0.25) is 0 Å². The molecular weight excluding hydrogens is 443 g/mol. The summed E-state index contributed by atoms with van der Waals surface area (Å²) in [6, 6.07) is 9.42. The molecule has 0 spiro atoms. The molecule has 0 unspecified atom stereocenters. The Bertz CT molecular complexity index is 1180. The van der Waals surface area contributed by atoms with Crippen molar-refractivity contribution >= 4 is 33.2 Å². The van der Waals surface area contributed by atoms with Crippen LogP contribution in [0.25, 0.3) is 0 Å². The molecule has 0 saturated carbocycles. The Morgan fingerprint density at radius 3 is 2.22 bits per heavy atom. The summed E-state index contributed by atoms with van der Waals surface area (Å²) in [5.74, 6) is -1.35. The Kier molecular flexibility index (Phi) is 5.75. The number of nitro benzene ring substituents is 1. The second-order valence-corrected chi connectivity index (χ2v) is 9.33. The summed E-state index contributed by atoms with van der Waals surface area (Å²) in [7, 11) is -4.10. The van der Waals surface area contributed by atoms with E-state index < -0.39 is 44.3 Å². The van der Waals surface area contributed by atoms with Crippen LogP contribution in [0.1, 0.15) is 6.42 Å². The minimum absolute atomic E-state index is 0.0168. The van der Waals surface area contributed by atoms with Gasteiger partial charge in [0.15, 0.2) is 4.90 Å². The molecule has 0 aliphatic carbocycles. The maximum Gasteiger partial charge on any atom is 0.289 e. The van der Waals surface area contributed by atoms with Gasteiger partial charge in [-0.05, 0) is 30.3 Å². The van der Waals surface area contributed by atoms with E-state index in [4.69, 9.17) is 0 Å². The zero-order valence-corrected chi connectivity index (χ0v) is 17.6. The first-order valence-electron chi connectivity index (χ1n) is 9.80. The first kappa shape index (κ1) is 22.0. The van der Waals surface area contributed by atoms with Crippen molar-refractivity contribution in [1.29, 1.82) is 0 Å². The zero-order valence-electron chi connectivity index (χ0n) is 16.8. The second kappa shape index (κ2) is 8.37. The minimum Gasteiger partial charge on any atom is -0.289 e. The summed E-state index contributed by atoms with van der Waals surface area (Å²) >= 11 is 0. The lowest BCUT2D eigenvalue weighted by Gasteiger charge is -2.36. The Balaban J connectivity index is 1.47. The largest absolute Gasteiger partial charge is 0.289 e. The molecule has 0 N–H and O–H groups in total. The summed E-state index contributed by atoms with van der Waals surface area (Å²) in [4.78, 5) is 38.2. The molecule has 0 radical (unpaired) electrons. The van der Waals surface area contributed by atoms with Crippen LogP contribution >= 0.6 is 0 Å². The fraction of sp³-hybridized carbons (Fsp3) is 0.300. The van der Waals surface area contributed by atoms with E-state index in [9.17, 15) is 32.5 Å². The van der Waals surface area contributed by atoms with Gasteiger partial charge in [0.1, 0.15) is 5.82 Å². The van der Waals surface area contributed by atoms with Gasteiger partial charge in [0.25, 0.3) is 11.6 Å². The molecule has 2 aliphatic rings. The van der Waals surface area contributed by atoms with Gasteiger partial charge in [-0.2, -0.15) is 4.31 Å². The lowest BCUT2D eigenvalue weighted by Crippen LogP contribution is -2.53. The highest BCUT2D eigenvalue weighted by molar-refractivity contribution is 7.89. The second-order valence-electron chi connectivity index (χ2n) is 7.43. The maximum atomic E-state index is 13.2. The van der Waals surface area contributed by atoms with Gasteiger partial charge < -0.3 is 0 Å². The fourth-order valence-corrected chi connectivity index (χ4v) is 5.56. The monoisotopic (exact) mass is 462 g/mol. The van der Waals surface area contributed by atoms with Crippen molar-refractivity contribution < 1.29 is 27.3 Å². The molecule has 0 bridgehead atoms. The number of imide groups is 1. The summed E-state index contributed by atoms with van der Waals surface area (Å²) in [6.07, 6.45) is -0.0624. The van der Waals surface area contributed by atoms with Gasteiger partial charge in [-0.15, -0.1) is 0 Å². The van der Waals surface area contributed by atoms with E-state index in [1.165, 1.54) is 30.3 Å². The van der Waals surface area contributed by atoms with Crippen LogP contribution < -0.4 is 4.90 Å². The molecule has 2 amide bonds. The highest BCUT2D eigenvalue weighted by atomic mass is 32.2. The Morgan fingerprint density at radius 2 is 1.59 bits per heavy atom. The third-order valence-electron chi connectivity index (χ3n) is 5.60. The first-order valence-corrected chi connectivity index (χ1v) is 11.2. The summed E-state index contributed by atoms with van der Waals surface area (Å²) < 4.78 is 40.2. The number of carbonyl (C=O) groups excluding carboxylic acids is 2. The summed E-state index contributed by atoms with van der Waals surface area (Å²) in [5.41, 5.74) is -0.220. The molecule has 12 heteroatoms. The van der Waals surface area contributed by atoms with Gasteiger partial charge in [0.05, 0.1) is 23.1 Å². The van der Waals surface area contributed by atoms with Crippen molar-refractivity contribution in [2.75, 3.05) is 31.1 Å². The van der Waals surface area contributed by atoms with Gasteiger partial charge >= 0.3 is 0 Å². The molecule has 2 aliphatic heterocycles. The third-order valence-corrected chi connectivity index (χ3v) is 7.55. The molecular formula is C20H19FN4O6S. The van der Waals surface area contributed by atoms with Crippen LogP contribution in [0, 0.1) is 15.9 Å².